The fraction of sp³-hybridized carbons (Fsp3) is 0.115. The molecular formula is C26H19ClN2O4S. The first-order chi connectivity index (χ1) is 16.5. The van der Waals surface area contributed by atoms with Gasteiger partial charge in [-0.3, -0.25) is 9.36 Å². The Kier molecular flexibility index (Phi) is 5.81. The second-order valence-electron chi connectivity index (χ2n) is 7.67. The fourth-order valence-electron chi connectivity index (χ4n) is 4.01. The molecule has 34 heavy (non-hydrogen) atoms. The second kappa shape index (κ2) is 8.93. The van der Waals surface area contributed by atoms with Gasteiger partial charge in [-0.1, -0.05) is 65.4 Å². The minimum absolute atomic E-state index is 0.262. The summed E-state index contributed by atoms with van der Waals surface area (Å²) in [5.41, 5.74) is 2.16. The first-order valence-electron chi connectivity index (χ1n) is 10.5. The van der Waals surface area contributed by atoms with Gasteiger partial charge in [0.05, 0.1) is 34.0 Å². The summed E-state index contributed by atoms with van der Waals surface area (Å²) in [5.74, 6) is 0.607. The molecule has 0 amide bonds. The quantitative estimate of drug-likeness (QED) is 0.399. The molecule has 0 radical (unpaired) electrons. The maximum atomic E-state index is 13.5. The number of allylic oxidation sites excluding steroid dienone is 1. The van der Waals surface area contributed by atoms with Crippen molar-refractivity contribution >= 4 is 35.0 Å². The van der Waals surface area contributed by atoms with Gasteiger partial charge in [-0.05, 0) is 36.8 Å². The molecule has 0 fully saturated rings. The molecule has 1 aliphatic rings. The van der Waals surface area contributed by atoms with Gasteiger partial charge in [-0.2, -0.15) is 0 Å². The van der Waals surface area contributed by atoms with Gasteiger partial charge in [0.15, 0.2) is 4.80 Å². The zero-order valence-electron chi connectivity index (χ0n) is 18.3. The lowest BCUT2D eigenvalue weighted by Crippen LogP contribution is -2.39. The molecule has 6 nitrogen and oxygen atoms in total. The van der Waals surface area contributed by atoms with Crippen LogP contribution in [0.25, 0.3) is 17.4 Å². The first-order valence-corrected chi connectivity index (χ1v) is 11.7. The van der Waals surface area contributed by atoms with E-state index in [1.165, 1.54) is 18.4 Å². The zero-order chi connectivity index (χ0) is 23.8. The van der Waals surface area contributed by atoms with Crippen LogP contribution < -0.4 is 14.9 Å². The third-order valence-electron chi connectivity index (χ3n) is 5.58. The molecule has 8 heteroatoms. The number of hydrogen-bond donors (Lipinski definition) is 0. The number of carbonyl (C=O) groups excluding carboxylic acids is 1. The summed E-state index contributed by atoms with van der Waals surface area (Å²) in [6, 6.07) is 19.7. The van der Waals surface area contributed by atoms with Crippen molar-refractivity contribution in [3.8, 4) is 11.3 Å². The summed E-state index contributed by atoms with van der Waals surface area (Å²) in [4.78, 5) is 31.3. The molecule has 0 unspecified atom stereocenters. The summed E-state index contributed by atoms with van der Waals surface area (Å²) in [6.45, 7) is 1.75. The van der Waals surface area contributed by atoms with Crippen LogP contribution in [0.3, 0.4) is 0 Å². The molecule has 1 aliphatic heterocycles. The third-order valence-corrected chi connectivity index (χ3v) is 6.89. The number of aromatic nitrogens is 1. The fourth-order valence-corrected chi connectivity index (χ4v) is 5.26. The van der Waals surface area contributed by atoms with E-state index < -0.39 is 12.0 Å². The van der Waals surface area contributed by atoms with E-state index in [9.17, 15) is 9.59 Å². The molecule has 2 aromatic heterocycles. The van der Waals surface area contributed by atoms with E-state index in [1.54, 1.807) is 29.7 Å². The third kappa shape index (κ3) is 3.83. The van der Waals surface area contributed by atoms with Gasteiger partial charge in [-0.15, -0.1) is 0 Å². The Bertz CT molecular complexity index is 1610. The summed E-state index contributed by atoms with van der Waals surface area (Å²) >= 11 is 7.53. The number of methoxy groups -OCH3 is 1. The van der Waals surface area contributed by atoms with Gasteiger partial charge in [0, 0.05) is 11.6 Å². The van der Waals surface area contributed by atoms with Crippen LogP contribution in [0.1, 0.15) is 24.3 Å². The average Bonchev–Trinajstić information content (AvgIpc) is 3.43. The topological polar surface area (TPSA) is 73.8 Å². The number of thiazole rings is 1. The highest BCUT2D eigenvalue weighted by Crippen LogP contribution is 2.31. The van der Waals surface area contributed by atoms with Gasteiger partial charge in [0.2, 0.25) is 0 Å². The summed E-state index contributed by atoms with van der Waals surface area (Å²) in [6.07, 6.45) is 1.68. The Balaban J connectivity index is 1.65. The van der Waals surface area contributed by atoms with Crippen molar-refractivity contribution in [2.24, 2.45) is 4.99 Å². The molecule has 3 heterocycles. The van der Waals surface area contributed by atoms with E-state index in [1.807, 2.05) is 54.6 Å². The van der Waals surface area contributed by atoms with Crippen LogP contribution in [-0.4, -0.2) is 17.6 Å². The molecule has 5 rings (SSSR count). The minimum atomic E-state index is -0.637. The molecule has 4 aromatic rings. The minimum Gasteiger partial charge on any atom is -0.466 e. The lowest BCUT2D eigenvalue weighted by atomic mass is 9.96. The van der Waals surface area contributed by atoms with Crippen molar-refractivity contribution in [2.75, 3.05) is 7.11 Å². The number of fused-ring (bicyclic) bond motifs is 1. The predicted molar refractivity (Wildman–Crippen MR) is 131 cm³/mol. The lowest BCUT2D eigenvalue weighted by molar-refractivity contribution is -0.136. The van der Waals surface area contributed by atoms with E-state index in [2.05, 4.69) is 4.99 Å². The van der Waals surface area contributed by atoms with E-state index in [0.29, 0.717) is 37.1 Å². The summed E-state index contributed by atoms with van der Waals surface area (Å²) in [7, 11) is 1.32. The molecule has 0 spiro atoms. The maximum absolute atomic E-state index is 13.5. The highest BCUT2D eigenvalue weighted by atomic mass is 35.5. The summed E-state index contributed by atoms with van der Waals surface area (Å²) < 4.78 is 13.0. The van der Waals surface area contributed by atoms with Gasteiger partial charge in [0.25, 0.3) is 5.56 Å². The van der Waals surface area contributed by atoms with Crippen LogP contribution in [0.4, 0.5) is 0 Å². The Morgan fingerprint density at radius 3 is 2.59 bits per heavy atom. The highest BCUT2D eigenvalue weighted by molar-refractivity contribution is 7.07. The van der Waals surface area contributed by atoms with Gasteiger partial charge in [0.1, 0.15) is 11.5 Å². The first kappa shape index (κ1) is 22.1. The number of nitrogens with zero attached hydrogens (tertiary/aromatic N) is 2. The monoisotopic (exact) mass is 490 g/mol. The second-order valence-corrected chi connectivity index (χ2v) is 9.08. The van der Waals surface area contributed by atoms with Gasteiger partial charge >= 0.3 is 5.97 Å². The number of carbonyl (C=O) groups is 1. The molecule has 0 aliphatic carbocycles. The SMILES string of the molecule is COC(=O)C1=C(C)N=c2s/c(=C/c3ccc(-c4ccccc4Cl)o3)c(=O)n2[C@@H]1c1ccccc1. The van der Waals surface area contributed by atoms with Crippen LogP contribution in [0.2, 0.25) is 5.02 Å². The molecule has 0 saturated heterocycles. The number of benzene rings is 2. The highest BCUT2D eigenvalue weighted by Gasteiger charge is 2.32. The number of halogens is 1. The lowest BCUT2D eigenvalue weighted by Gasteiger charge is -2.24. The van der Waals surface area contributed by atoms with E-state index in [-0.39, 0.29) is 5.56 Å². The molecule has 0 bridgehead atoms. The Labute approximate surface area is 203 Å². The van der Waals surface area contributed by atoms with Crippen LogP contribution >= 0.6 is 22.9 Å². The van der Waals surface area contributed by atoms with Crippen LogP contribution in [-0.2, 0) is 9.53 Å². The Hall–Kier alpha value is -3.68. The van der Waals surface area contributed by atoms with E-state index in [4.69, 9.17) is 20.8 Å². The van der Waals surface area contributed by atoms with Crippen molar-refractivity contribution in [1.82, 2.24) is 4.57 Å². The molecule has 2 aromatic carbocycles. The number of esters is 1. The maximum Gasteiger partial charge on any atom is 0.338 e. The molecular weight excluding hydrogens is 472 g/mol. The molecule has 170 valence electrons. The zero-order valence-corrected chi connectivity index (χ0v) is 19.9. The average molecular weight is 491 g/mol. The van der Waals surface area contributed by atoms with Crippen molar-refractivity contribution in [1.29, 1.82) is 0 Å². The number of hydrogen-bond acceptors (Lipinski definition) is 6. The van der Waals surface area contributed by atoms with Crippen molar-refractivity contribution < 1.29 is 13.9 Å². The number of ether oxygens (including phenoxy) is 1. The van der Waals surface area contributed by atoms with Crippen molar-refractivity contribution in [3.63, 3.8) is 0 Å². The normalized spacial score (nSPS) is 15.7. The van der Waals surface area contributed by atoms with Gasteiger partial charge in [-0.25, -0.2) is 9.79 Å². The van der Waals surface area contributed by atoms with Crippen LogP contribution in [0.15, 0.2) is 92.2 Å². The number of furan rings is 1. The number of rotatable bonds is 4. The largest absolute Gasteiger partial charge is 0.466 e. The van der Waals surface area contributed by atoms with Crippen molar-refractivity contribution in [3.05, 3.63) is 114 Å². The summed E-state index contributed by atoms with van der Waals surface area (Å²) in [5, 5.41) is 0.580. The van der Waals surface area contributed by atoms with Crippen molar-refractivity contribution in [2.45, 2.75) is 13.0 Å². The molecule has 0 saturated carbocycles. The Morgan fingerprint density at radius 2 is 1.85 bits per heavy atom. The Morgan fingerprint density at radius 1 is 1.12 bits per heavy atom. The van der Waals surface area contributed by atoms with E-state index in [0.717, 1.165) is 11.1 Å². The van der Waals surface area contributed by atoms with Crippen LogP contribution in [0, 0.1) is 0 Å². The van der Waals surface area contributed by atoms with E-state index >= 15 is 0 Å². The standard InChI is InChI=1S/C26H19ClN2O4S/c1-15-22(25(31)32-2)23(16-8-4-3-5-9-16)29-24(30)21(34-26(29)28-15)14-17-12-13-20(33-17)18-10-6-7-11-19(18)27/h3-14,23H,1-2H3/b21-14+/t23-/m1/s1. The molecule has 1 atom stereocenters. The van der Waals surface area contributed by atoms with Crippen LogP contribution in [0.5, 0.6) is 0 Å². The molecule has 0 N–H and O–H groups in total. The predicted octanol–water partition coefficient (Wildman–Crippen LogP) is 4.32. The van der Waals surface area contributed by atoms with Gasteiger partial charge < -0.3 is 9.15 Å². The smallest absolute Gasteiger partial charge is 0.338 e.